The van der Waals surface area contributed by atoms with Gasteiger partial charge in [-0.1, -0.05) is 24.9 Å². The van der Waals surface area contributed by atoms with Gasteiger partial charge in [0, 0.05) is 19.3 Å². The van der Waals surface area contributed by atoms with Crippen LogP contribution in [0.15, 0.2) is 23.2 Å². The van der Waals surface area contributed by atoms with E-state index >= 15 is 0 Å². The summed E-state index contributed by atoms with van der Waals surface area (Å²) in [7, 11) is -3.60. The summed E-state index contributed by atoms with van der Waals surface area (Å²) in [6.07, 6.45) is 2.87. The second-order valence-corrected chi connectivity index (χ2v) is 6.12. The van der Waals surface area contributed by atoms with E-state index in [1.54, 1.807) is 0 Å². The minimum Gasteiger partial charge on any atom is -0.395 e. The van der Waals surface area contributed by atoms with Gasteiger partial charge in [-0.15, -0.1) is 0 Å². The maximum absolute atomic E-state index is 12.3. The zero-order valence-corrected chi connectivity index (χ0v) is 11.8. The lowest BCUT2D eigenvalue weighted by Crippen LogP contribution is -2.34. The third-order valence-electron chi connectivity index (χ3n) is 2.45. The Labute approximate surface area is 112 Å². The van der Waals surface area contributed by atoms with Crippen molar-refractivity contribution < 1.29 is 13.5 Å². The number of hydrogen-bond donors (Lipinski definition) is 1. The lowest BCUT2D eigenvalue weighted by molar-refractivity contribution is 0.252. The number of unbranched alkanes of at least 4 members (excludes halogenated alkanes) is 1. The van der Waals surface area contributed by atoms with Crippen LogP contribution in [0.4, 0.5) is 0 Å². The van der Waals surface area contributed by atoms with E-state index < -0.39 is 10.0 Å². The second-order valence-electron chi connectivity index (χ2n) is 3.80. The largest absolute Gasteiger partial charge is 0.395 e. The molecule has 0 unspecified atom stereocenters. The van der Waals surface area contributed by atoms with Gasteiger partial charge in [0.25, 0.3) is 0 Å². The number of aliphatic hydroxyl groups is 1. The number of sulfonamides is 1. The molecule has 0 aliphatic carbocycles. The normalized spacial score (nSPS) is 12.0. The Balaban J connectivity index is 2.96. The monoisotopic (exact) mass is 292 g/mol. The molecule has 1 rings (SSSR count). The summed E-state index contributed by atoms with van der Waals surface area (Å²) in [4.78, 5) is 3.86. The van der Waals surface area contributed by atoms with E-state index in [4.69, 9.17) is 16.7 Å². The van der Waals surface area contributed by atoms with Gasteiger partial charge in [-0.25, -0.2) is 13.4 Å². The van der Waals surface area contributed by atoms with Crippen molar-refractivity contribution in [2.24, 2.45) is 0 Å². The molecule has 0 radical (unpaired) electrons. The molecule has 5 nitrogen and oxygen atoms in total. The molecule has 18 heavy (non-hydrogen) atoms. The highest BCUT2D eigenvalue weighted by Crippen LogP contribution is 2.16. The van der Waals surface area contributed by atoms with E-state index in [2.05, 4.69) is 4.98 Å². The summed E-state index contributed by atoms with van der Waals surface area (Å²) in [5.74, 6) is 0. The number of pyridine rings is 1. The summed E-state index contributed by atoms with van der Waals surface area (Å²) in [5, 5.41) is 9.19. The summed E-state index contributed by atoms with van der Waals surface area (Å²) < 4.78 is 25.8. The molecule has 1 aromatic heterocycles. The third kappa shape index (κ3) is 3.91. The molecule has 102 valence electrons. The second kappa shape index (κ2) is 7.04. The van der Waals surface area contributed by atoms with Crippen molar-refractivity contribution >= 4 is 21.6 Å². The predicted octanol–water partition coefficient (Wildman–Crippen LogP) is 1.52. The first kappa shape index (κ1) is 15.4. The summed E-state index contributed by atoms with van der Waals surface area (Å²) >= 11 is 5.63. The quantitative estimate of drug-likeness (QED) is 0.774. The standard InChI is InChI=1S/C11H17ClN2O3S/c1-2-3-6-14(7-8-15)18(16,17)10-4-5-11(12)13-9-10/h4-5,9,15H,2-3,6-8H2,1H3. The number of aliphatic hydroxyl groups excluding tert-OH is 1. The van der Waals surface area contributed by atoms with Gasteiger partial charge in [-0.3, -0.25) is 0 Å². The first-order valence-corrected chi connectivity index (χ1v) is 7.56. The summed E-state index contributed by atoms with van der Waals surface area (Å²) in [6.45, 7) is 2.25. The molecule has 1 N–H and O–H groups in total. The maximum Gasteiger partial charge on any atom is 0.244 e. The van der Waals surface area contributed by atoms with Gasteiger partial charge in [0.2, 0.25) is 10.0 Å². The van der Waals surface area contributed by atoms with Crippen molar-refractivity contribution in [2.75, 3.05) is 19.7 Å². The van der Waals surface area contributed by atoms with E-state index in [0.29, 0.717) is 6.54 Å². The molecule has 0 aliphatic rings. The minimum atomic E-state index is -3.60. The van der Waals surface area contributed by atoms with Gasteiger partial charge in [-0.05, 0) is 18.6 Å². The van der Waals surface area contributed by atoms with Crippen LogP contribution in [0.2, 0.25) is 5.15 Å². The van der Waals surface area contributed by atoms with Crippen molar-refractivity contribution in [1.29, 1.82) is 0 Å². The third-order valence-corrected chi connectivity index (χ3v) is 4.55. The Morgan fingerprint density at radius 3 is 2.61 bits per heavy atom. The van der Waals surface area contributed by atoms with Gasteiger partial charge in [0.15, 0.2) is 0 Å². The van der Waals surface area contributed by atoms with E-state index in [-0.39, 0.29) is 23.2 Å². The van der Waals surface area contributed by atoms with Gasteiger partial charge >= 0.3 is 0 Å². The molecule has 0 bridgehead atoms. The van der Waals surface area contributed by atoms with Crippen LogP contribution in [0.5, 0.6) is 0 Å². The molecule has 0 atom stereocenters. The number of nitrogens with zero attached hydrogens (tertiary/aromatic N) is 2. The molecule has 0 fully saturated rings. The Morgan fingerprint density at radius 1 is 1.39 bits per heavy atom. The maximum atomic E-state index is 12.3. The van der Waals surface area contributed by atoms with Crippen molar-refractivity contribution in [3.63, 3.8) is 0 Å². The average Bonchev–Trinajstić information content (AvgIpc) is 2.35. The SMILES string of the molecule is CCCCN(CCO)S(=O)(=O)c1ccc(Cl)nc1. The van der Waals surface area contributed by atoms with Crippen LogP contribution in [0.25, 0.3) is 0 Å². The number of hydrogen-bond acceptors (Lipinski definition) is 4. The smallest absolute Gasteiger partial charge is 0.244 e. The highest BCUT2D eigenvalue weighted by atomic mass is 35.5. The molecule has 7 heteroatoms. The molecule has 1 heterocycles. The highest BCUT2D eigenvalue weighted by Gasteiger charge is 2.23. The number of aromatic nitrogens is 1. The Kier molecular flexibility index (Phi) is 6.01. The van der Waals surface area contributed by atoms with Crippen LogP contribution in [-0.2, 0) is 10.0 Å². The average molecular weight is 293 g/mol. The van der Waals surface area contributed by atoms with Gasteiger partial charge < -0.3 is 5.11 Å². The molecule has 0 saturated heterocycles. The lowest BCUT2D eigenvalue weighted by atomic mass is 10.3. The van der Waals surface area contributed by atoms with Crippen LogP contribution in [0, 0.1) is 0 Å². The van der Waals surface area contributed by atoms with Crippen LogP contribution in [0.3, 0.4) is 0 Å². The van der Waals surface area contributed by atoms with Crippen molar-refractivity contribution in [3.05, 3.63) is 23.5 Å². The summed E-state index contributed by atoms with van der Waals surface area (Å²) in [6, 6.07) is 2.85. The van der Waals surface area contributed by atoms with Crippen LogP contribution in [-0.4, -0.2) is 42.5 Å². The van der Waals surface area contributed by atoms with Gasteiger partial charge in [0.1, 0.15) is 10.0 Å². The first-order chi connectivity index (χ1) is 8.52. The molecule has 0 aromatic carbocycles. The van der Waals surface area contributed by atoms with Crippen LogP contribution in [0.1, 0.15) is 19.8 Å². The lowest BCUT2D eigenvalue weighted by Gasteiger charge is -2.20. The molecular weight excluding hydrogens is 276 g/mol. The van der Waals surface area contributed by atoms with E-state index in [9.17, 15) is 8.42 Å². The Hall–Kier alpha value is -0.690. The number of rotatable bonds is 7. The Morgan fingerprint density at radius 2 is 2.11 bits per heavy atom. The zero-order valence-electron chi connectivity index (χ0n) is 10.2. The fraction of sp³-hybridized carbons (Fsp3) is 0.545. The highest BCUT2D eigenvalue weighted by molar-refractivity contribution is 7.89. The van der Waals surface area contributed by atoms with E-state index in [1.165, 1.54) is 22.6 Å². The van der Waals surface area contributed by atoms with Gasteiger partial charge in [0.05, 0.1) is 6.61 Å². The molecule has 0 spiro atoms. The molecule has 0 aliphatic heterocycles. The first-order valence-electron chi connectivity index (χ1n) is 5.75. The molecule has 1 aromatic rings. The Bertz CT molecular complexity index is 462. The van der Waals surface area contributed by atoms with Crippen LogP contribution >= 0.6 is 11.6 Å². The molecular formula is C11H17ClN2O3S. The zero-order chi connectivity index (χ0) is 13.6. The fourth-order valence-electron chi connectivity index (χ4n) is 1.46. The predicted molar refractivity (Wildman–Crippen MR) is 70.0 cm³/mol. The van der Waals surface area contributed by atoms with E-state index in [1.807, 2.05) is 6.92 Å². The minimum absolute atomic E-state index is 0.0883. The summed E-state index contributed by atoms with van der Waals surface area (Å²) in [5.41, 5.74) is 0. The molecule has 0 saturated carbocycles. The van der Waals surface area contributed by atoms with Crippen molar-refractivity contribution in [1.82, 2.24) is 9.29 Å². The number of halogens is 1. The van der Waals surface area contributed by atoms with Crippen molar-refractivity contribution in [2.45, 2.75) is 24.7 Å². The van der Waals surface area contributed by atoms with Crippen LogP contribution < -0.4 is 0 Å². The molecule has 0 amide bonds. The van der Waals surface area contributed by atoms with Gasteiger partial charge in [-0.2, -0.15) is 4.31 Å². The van der Waals surface area contributed by atoms with Crippen molar-refractivity contribution in [3.8, 4) is 0 Å². The topological polar surface area (TPSA) is 70.5 Å². The van der Waals surface area contributed by atoms with E-state index in [0.717, 1.165) is 12.8 Å². The fourth-order valence-corrected chi connectivity index (χ4v) is 2.99.